The van der Waals surface area contributed by atoms with Crippen molar-refractivity contribution in [3.05, 3.63) is 289 Å². The van der Waals surface area contributed by atoms with Gasteiger partial charge in [0.1, 0.15) is 0 Å². The molecule has 0 unspecified atom stereocenters. The molecule has 0 bridgehead atoms. The highest BCUT2D eigenvalue weighted by Gasteiger charge is 2.53. The summed E-state index contributed by atoms with van der Waals surface area (Å²) >= 11 is 7.41. The van der Waals surface area contributed by atoms with Gasteiger partial charge in [-0.2, -0.15) is 0 Å². The molecule has 12 aromatic carbocycles. The van der Waals surface area contributed by atoms with Crippen LogP contribution in [0.2, 0.25) is 0 Å². The van der Waals surface area contributed by atoms with Crippen molar-refractivity contribution >= 4 is 115 Å². The zero-order valence-corrected chi connectivity index (χ0v) is 46.6. The summed E-state index contributed by atoms with van der Waals surface area (Å²) in [6.45, 7) is 0. The van der Waals surface area contributed by atoms with E-state index in [1.165, 1.54) is 129 Å². The van der Waals surface area contributed by atoms with Crippen molar-refractivity contribution in [2.45, 2.75) is 44.6 Å². The number of hydrogen-bond acceptors (Lipinski definition) is 8. The minimum absolute atomic E-state index is 0.798. The molecule has 0 saturated heterocycles. The van der Waals surface area contributed by atoms with Gasteiger partial charge in [0.05, 0.1) is 50.9 Å². The molecule has 0 atom stereocenters. The average Bonchev–Trinajstić information content (AvgIpc) is 3.45. The second-order valence-electron chi connectivity index (χ2n) is 21.2. The fourth-order valence-electron chi connectivity index (χ4n) is 13.7. The van der Waals surface area contributed by atoms with Crippen LogP contribution < -0.4 is 19.6 Å². The number of anilines is 12. The molecule has 81 heavy (non-hydrogen) atoms. The second-order valence-corrected chi connectivity index (χ2v) is 25.5. The van der Waals surface area contributed by atoms with Crippen molar-refractivity contribution in [1.82, 2.24) is 0 Å². The largest absolute Gasteiger partial charge is 0.308 e. The molecule has 1 spiro atoms. The minimum atomic E-state index is -0.798. The van der Waals surface area contributed by atoms with Gasteiger partial charge in [0.25, 0.3) is 0 Å². The number of nitrogens with zero attached hydrogens (tertiary/aromatic N) is 4. The van der Waals surface area contributed by atoms with Crippen LogP contribution in [-0.4, -0.2) is 0 Å². The molecule has 12 aromatic rings. The first-order valence-corrected chi connectivity index (χ1v) is 30.7. The van der Waals surface area contributed by atoms with E-state index in [0.29, 0.717) is 0 Å². The Morgan fingerprint density at radius 2 is 0.370 bits per heavy atom. The Kier molecular flexibility index (Phi) is 10.0. The Labute approximate surface area is 487 Å². The number of hydrogen-bond donors (Lipinski definition) is 0. The Morgan fingerprint density at radius 1 is 0.198 bits per heavy atom. The monoisotopic (exact) mass is 1100 g/mol. The van der Waals surface area contributed by atoms with Crippen molar-refractivity contribution in [2.24, 2.45) is 0 Å². The molecule has 8 heteroatoms. The van der Waals surface area contributed by atoms with Crippen LogP contribution >= 0.6 is 47.0 Å². The van der Waals surface area contributed by atoms with Crippen molar-refractivity contribution in [3.63, 3.8) is 0 Å². The van der Waals surface area contributed by atoms with E-state index in [2.05, 4.69) is 287 Å². The van der Waals surface area contributed by atoms with Gasteiger partial charge < -0.3 is 19.6 Å². The highest BCUT2D eigenvalue weighted by atomic mass is 32.2. The third-order valence-electron chi connectivity index (χ3n) is 17.0. The van der Waals surface area contributed by atoms with Crippen molar-refractivity contribution < 1.29 is 0 Å². The van der Waals surface area contributed by atoms with E-state index in [9.17, 15) is 0 Å². The van der Waals surface area contributed by atoms with Crippen molar-refractivity contribution in [3.8, 4) is 22.3 Å². The fourth-order valence-corrected chi connectivity index (χ4v) is 17.9. The van der Waals surface area contributed by atoms with Gasteiger partial charge in [-0.3, -0.25) is 0 Å². The molecular weight excluding hydrogens is 1060 g/mol. The highest BCUT2D eigenvalue weighted by Crippen LogP contribution is 2.67. The van der Waals surface area contributed by atoms with Gasteiger partial charge in [0.2, 0.25) is 0 Å². The van der Waals surface area contributed by atoms with E-state index in [1.807, 2.05) is 47.0 Å². The molecular formula is C73H44N4S4. The fraction of sp³-hybridized carbons (Fsp3) is 0.0137. The lowest BCUT2D eigenvalue weighted by Crippen LogP contribution is -2.28. The Morgan fingerprint density at radius 3 is 0.556 bits per heavy atom. The lowest BCUT2D eigenvalue weighted by Gasteiger charge is -2.37. The van der Waals surface area contributed by atoms with Crippen LogP contribution in [0.4, 0.5) is 68.2 Å². The summed E-state index contributed by atoms with van der Waals surface area (Å²) in [5, 5.41) is 0. The predicted octanol–water partition coefficient (Wildman–Crippen LogP) is 21.8. The molecule has 0 aromatic heterocycles. The standard InChI is InChI=1S/C73H44N4S4/c1-9-25-65-57(17-1)74(58-18-2-10-26-66(58)78-65)45-33-37-49-50-38-34-46(75-59-19-3-11-27-67(59)79-68-28-12-4-20-60(68)75)42-54(50)73(53(49)41-45)55-43-47(76-61-21-5-13-29-69(61)80-70-30-14-6-22-62(70)76)35-39-51(55)52-40-36-48(44-56(52)73)77-63-23-7-15-31-71(63)81-72-32-16-8-24-64(72)77/h1-44H. The van der Waals surface area contributed by atoms with Gasteiger partial charge in [0.15, 0.2) is 0 Å². The molecule has 0 fully saturated rings. The lowest BCUT2D eigenvalue weighted by atomic mass is 9.70. The first-order chi connectivity index (χ1) is 40.2. The quantitative estimate of drug-likeness (QED) is 0.171. The maximum Gasteiger partial charge on any atom is 0.0728 e. The van der Waals surface area contributed by atoms with E-state index in [-0.39, 0.29) is 0 Å². The number of benzene rings is 12. The van der Waals surface area contributed by atoms with Crippen molar-refractivity contribution in [2.75, 3.05) is 19.6 Å². The minimum Gasteiger partial charge on any atom is -0.308 e. The summed E-state index contributed by atoms with van der Waals surface area (Å²) in [6.07, 6.45) is 0. The Bertz CT molecular complexity index is 3910. The van der Waals surface area contributed by atoms with Crippen LogP contribution in [-0.2, 0) is 5.41 Å². The molecule has 0 radical (unpaired) electrons. The van der Waals surface area contributed by atoms with Gasteiger partial charge >= 0.3 is 0 Å². The molecule has 18 rings (SSSR count). The van der Waals surface area contributed by atoms with Gasteiger partial charge in [-0.25, -0.2) is 0 Å². The lowest BCUT2D eigenvalue weighted by molar-refractivity contribution is 0.793. The molecule has 4 aliphatic heterocycles. The van der Waals surface area contributed by atoms with Crippen molar-refractivity contribution in [1.29, 1.82) is 0 Å². The number of rotatable bonds is 4. The molecule has 0 amide bonds. The summed E-state index contributed by atoms with van der Waals surface area (Å²) in [5.41, 5.74) is 23.3. The van der Waals surface area contributed by atoms with Gasteiger partial charge in [-0.05, 0) is 190 Å². The summed E-state index contributed by atoms with van der Waals surface area (Å²) in [6, 6.07) is 101. The number of fused-ring (bicyclic) bond motifs is 18. The summed E-state index contributed by atoms with van der Waals surface area (Å²) < 4.78 is 0. The molecule has 4 heterocycles. The van der Waals surface area contributed by atoms with E-state index >= 15 is 0 Å². The SMILES string of the molecule is c1ccc2c(c1)Sc1ccccc1N2c1ccc2c(c1)C1(c3cc(N4c5ccccc5Sc5ccccc54)ccc3-2)c2cc(N3c4ccccc4Sc4ccccc43)ccc2-c2ccc(N3c4ccccc4Sc4ccccc43)cc21. The molecule has 6 aliphatic rings. The molecule has 2 aliphatic carbocycles. The van der Waals surface area contributed by atoms with Gasteiger partial charge in [-0.15, -0.1) is 0 Å². The number of para-hydroxylation sites is 8. The van der Waals surface area contributed by atoms with Gasteiger partial charge in [-0.1, -0.05) is 168 Å². The topological polar surface area (TPSA) is 13.0 Å². The van der Waals surface area contributed by atoms with Crippen LogP contribution in [0, 0.1) is 0 Å². The van der Waals surface area contributed by atoms with E-state index < -0.39 is 5.41 Å². The smallest absolute Gasteiger partial charge is 0.0728 e. The zero-order chi connectivity index (χ0) is 52.9. The average molecular weight is 1110 g/mol. The van der Waals surface area contributed by atoms with Crippen LogP contribution in [0.25, 0.3) is 22.3 Å². The van der Waals surface area contributed by atoms with E-state index in [0.717, 1.165) is 22.7 Å². The van der Waals surface area contributed by atoms with E-state index in [1.54, 1.807) is 0 Å². The molecule has 0 N–H and O–H groups in total. The third kappa shape index (κ3) is 6.61. The summed E-state index contributed by atoms with van der Waals surface area (Å²) in [4.78, 5) is 20.0. The second kappa shape index (κ2) is 17.6. The van der Waals surface area contributed by atoms with E-state index in [4.69, 9.17) is 0 Å². The third-order valence-corrected chi connectivity index (χ3v) is 21.5. The summed E-state index contributed by atoms with van der Waals surface area (Å²) in [5.74, 6) is 0. The van der Waals surface area contributed by atoms with Crippen LogP contribution in [0.5, 0.6) is 0 Å². The maximum absolute atomic E-state index is 2.56. The van der Waals surface area contributed by atoms with Crippen LogP contribution in [0.3, 0.4) is 0 Å². The first kappa shape index (κ1) is 46.0. The zero-order valence-electron chi connectivity index (χ0n) is 43.3. The maximum atomic E-state index is 2.56. The van der Waals surface area contributed by atoms with Crippen LogP contribution in [0.15, 0.2) is 306 Å². The normalized spacial score (nSPS) is 14.7. The Balaban J connectivity index is 0.954. The molecule has 0 saturated carbocycles. The molecule has 380 valence electrons. The Hall–Kier alpha value is -8.76. The van der Waals surface area contributed by atoms with Gasteiger partial charge in [0, 0.05) is 61.9 Å². The molecule has 4 nitrogen and oxygen atoms in total. The van der Waals surface area contributed by atoms with Crippen LogP contribution in [0.1, 0.15) is 22.3 Å². The first-order valence-electron chi connectivity index (χ1n) is 27.4. The highest BCUT2D eigenvalue weighted by molar-refractivity contribution is 8.00. The summed E-state index contributed by atoms with van der Waals surface area (Å²) in [7, 11) is 0. The predicted molar refractivity (Wildman–Crippen MR) is 338 cm³/mol.